The molecule has 0 saturated heterocycles. The summed E-state index contributed by atoms with van der Waals surface area (Å²) < 4.78 is 23.7. The lowest BCUT2D eigenvalue weighted by Crippen LogP contribution is -2.37. The van der Waals surface area contributed by atoms with E-state index in [4.69, 9.17) is 9.47 Å². The fourth-order valence-electron chi connectivity index (χ4n) is 2.17. The van der Waals surface area contributed by atoms with Crippen molar-refractivity contribution in [1.82, 2.24) is 10.6 Å². The van der Waals surface area contributed by atoms with Gasteiger partial charge in [-0.3, -0.25) is 4.99 Å². The molecule has 6 heteroatoms. The fraction of sp³-hybridized carbons (Fsp3) is 0.316. The number of hydrogen-bond acceptors (Lipinski definition) is 3. The molecular weight excluding hydrogens is 321 g/mol. The van der Waals surface area contributed by atoms with Crippen LogP contribution in [0, 0.1) is 5.82 Å². The summed E-state index contributed by atoms with van der Waals surface area (Å²) >= 11 is 0. The van der Waals surface area contributed by atoms with Crippen molar-refractivity contribution in [2.45, 2.75) is 13.0 Å². The lowest BCUT2D eigenvalue weighted by molar-refractivity contribution is 0.308. The minimum Gasteiger partial charge on any atom is -0.497 e. The highest BCUT2D eigenvalue weighted by molar-refractivity contribution is 5.79. The second-order valence-electron chi connectivity index (χ2n) is 5.36. The van der Waals surface area contributed by atoms with Crippen molar-refractivity contribution in [1.29, 1.82) is 0 Å². The number of guanidine groups is 1. The zero-order chi connectivity index (χ0) is 17.9. The number of ether oxygens (including phenoxy) is 2. The van der Waals surface area contributed by atoms with Crippen LogP contribution in [0.5, 0.6) is 11.5 Å². The zero-order valence-electron chi connectivity index (χ0n) is 14.6. The summed E-state index contributed by atoms with van der Waals surface area (Å²) in [5.41, 5.74) is 0.991. The van der Waals surface area contributed by atoms with Crippen molar-refractivity contribution in [2.75, 3.05) is 27.3 Å². The minimum absolute atomic E-state index is 0.234. The summed E-state index contributed by atoms with van der Waals surface area (Å²) in [6, 6.07) is 13.9. The quantitative estimate of drug-likeness (QED) is 0.439. The van der Waals surface area contributed by atoms with Gasteiger partial charge >= 0.3 is 0 Å². The lowest BCUT2D eigenvalue weighted by Gasteiger charge is -2.12. The van der Waals surface area contributed by atoms with Gasteiger partial charge in [-0.05, 0) is 36.2 Å². The third-order valence-electron chi connectivity index (χ3n) is 3.52. The summed E-state index contributed by atoms with van der Waals surface area (Å²) in [6.07, 6.45) is 0.828. The summed E-state index contributed by atoms with van der Waals surface area (Å²) in [5, 5.41) is 6.41. The van der Waals surface area contributed by atoms with Gasteiger partial charge in [-0.15, -0.1) is 0 Å². The number of hydrogen-bond donors (Lipinski definition) is 2. The van der Waals surface area contributed by atoms with Crippen molar-refractivity contribution in [3.8, 4) is 11.5 Å². The molecule has 2 aromatic rings. The Kier molecular flexibility index (Phi) is 7.56. The summed E-state index contributed by atoms with van der Waals surface area (Å²) in [6.45, 7) is 1.91. The Balaban J connectivity index is 1.64. The maximum Gasteiger partial charge on any atom is 0.191 e. The Morgan fingerprint density at radius 2 is 1.84 bits per heavy atom. The molecule has 0 atom stereocenters. The van der Waals surface area contributed by atoms with Crippen molar-refractivity contribution in [3.63, 3.8) is 0 Å². The molecule has 0 aliphatic rings. The number of rotatable bonds is 8. The highest BCUT2D eigenvalue weighted by Crippen LogP contribution is 2.18. The Morgan fingerprint density at radius 3 is 2.56 bits per heavy atom. The summed E-state index contributed by atoms with van der Waals surface area (Å²) in [5.74, 6) is 2.03. The number of halogens is 1. The number of nitrogens with one attached hydrogen (secondary N) is 2. The van der Waals surface area contributed by atoms with Crippen molar-refractivity contribution in [2.24, 2.45) is 4.99 Å². The summed E-state index contributed by atoms with van der Waals surface area (Å²) in [7, 11) is 3.35. The Bertz CT molecular complexity index is 675. The van der Waals surface area contributed by atoms with E-state index in [1.54, 1.807) is 26.3 Å². The second kappa shape index (κ2) is 10.2. The van der Waals surface area contributed by atoms with Gasteiger partial charge in [-0.1, -0.05) is 18.2 Å². The maximum atomic E-state index is 12.9. The van der Waals surface area contributed by atoms with Crippen LogP contribution in [0.1, 0.15) is 12.0 Å². The highest BCUT2D eigenvalue weighted by atomic mass is 19.1. The van der Waals surface area contributed by atoms with Crippen LogP contribution in [0.3, 0.4) is 0 Å². The Morgan fingerprint density at radius 1 is 1.08 bits per heavy atom. The van der Waals surface area contributed by atoms with E-state index in [1.165, 1.54) is 12.1 Å². The van der Waals surface area contributed by atoms with E-state index in [0.717, 1.165) is 30.0 Å². The van der Waals surface area contributed by atoms with Crippen LogP contribution in [0.4, 0.5) is 4.39 Å². The Hall–Kier alpha value is -2.76. The average molecular weight is 345 g/mol. The van der Waals surface area contributed by atoms with Crippen LogP contribution in [-0.2, 0) is 6.54 Å². The smallest absolute Gasteiger partial charge is 0.191 e. The lowest BCUT2D eigenvalue weighted by atomic mass is 10.2. The highest BCUT2D eigenvalue weighted by Gasteiger charge is 2.00. The van der Waals surface area contributed by atoms with E-state index >= 15 is 0 Å². The van der Waals surface area contributed by atoms with Gasteiger partial charge in [-0.25, -0.2) is 4.39 Å². The van der Waals surface area contributed by atoms with E-state index in [9.17, 15) is 4.39 Å². The third-order valence-corrected chi connectivity index (χ3v) is 3.52. The summed E-state index contributed by atoms with van der Waals surface area (Å²) in [4.78, 5) is 4.16. The second-order valence-corrected chi connectivity index (χ2v) is 5.36. The van der Waals surface area contributed by atoms with E-state index in [0.29, 0.717) is 19.1 Å². The number of aliphatic imine (C=N–C) groups is 1. The molecule has 5 nitrogen and oxygen atoms in total. The molecule has 0 amide bonds. The first-order valence-corrected chi connectivity index (χ1v) is 8.17. The topological polar surface area (TPSA) is 54.9 Å². The maximum absolute atomic E-state index is 12.9. The molecular formula is C19H24FN3O2. The van der Waals surface area contributed by atoms with Crippen LogP contribution >= 0.6 is 0 Å². The first-order chi connectivity index (χ1) is 12.2. The molecule has 0 bridgehead atoms. The van der Waals surface area contributed by atoms with E-state index in [-0.39, 0.29) is 5.82 Å². The van der Waals surface area contributed by atoms with Gasteiger partial charge in [0, 0.05) is 26.2 Å². The van der Waals surface area contributed by atoms with Gasteiger partial charge in [0.15, 0.2) is 5.96 Å². The molecule has 0 aromatic heterocycles. The molecule has 0 heterocycles. The SMILES string of the molecule is CN=C(NCCCOc1cccc(OC)c1)NCc1ccc(F)cc1. The molecule has 0 radical (unpaired) electrons. The van der Waals surface area contributed by atoms with Crippen molar-refractivity contribution < 1.29 is 13.9 Å². The predicted molar refractivity (Wildman–Crippen MR) is 97.7 cm³/mol. The molecule has 134 valence electrons. The minimum atomic E-state index is -0.234. The molecule has 2 N–H and O–H groups in total. The largest absolute Gasteiger partial charge is 0.497 e. The van der Waals surface area contributed by atoms with Crippen LogP contribution in [0.15, 0.2) is 53.5 Å². The first kappa shape index (κ1) is 18.6. The fourth-order valence-corrected chi connectivity index (χ4v) is 2.17. The normalized spacial score (nSPS) is 11.1. The van der Waals surface area contributed by atoms with Crippen molar-refractivity contribution >= 4 is 5.96 Å². The standard InChI is InChI=1S/C19H24FN3O2/c1-21-19(23-14-15-7-9-16(20)10-8-15)22-11-4-12-25-18-6-3-5-17(13-18)24-2/h3,5-10,13H,4,11-12,14H2,1-2H3,(H2,21,22,23). The van der Waals surface area contributed by atoms with Crippen LogP contribution in [0.25, 0.3) is 0 Å². The van der Waals surface area contributed by atoms with E-state index in [2.05, 4.69) is 15.6 Å². The Labute approximate surface area is 147 Å². The third kappa shape index (κ3) is 6.71. The molecule has 0 fully saturated rings. The van der Waals surface area contributed by atoms with Gasteiger partial charge in [0.2, 0.25) is 0 Å². The molecule has 2 rings (SSSR count). The monoisotopic (exact) mass is 345 g/mol. The van der Waals surface area contributed by atoms with E-state index < -0.39 is 0 Å². The van der Waals surface area contributed by atoms with Gasteiger partial charge < -0.3 is 20.1 Å². The number of methoxy groups -OCH3 is 1. The molecule has 2 aromatic carbocycles. The molecule has 0 aliphatic heterocycles. The molecule has 0 saturated carbocycles. The van der Waals surface area contributed by atoms with Crippen LogP contribution in [0.2, 0.25) is 0 Å². The van der Waals surface area contributed by atoms with Gasteiger partial charge in [0.25, 0.3) is 0 Å². The molecule has 0 aliphatic carbocycles. The zero-order valence-corrected chi connectivity index (χ0v) is 14.6. The van der Waals surface area contributed by atoms with E-state index in [1.807, 2.05) is 24.3 Å². The van der Waals surface area contributed by atoms with Crippen molar-refractivity contribution in [3.05, 3.63) is 59.9 Å². The number of nitrogens with zero attached hydrogens (tertiary/aromatic N) is 1. The molecule has 25 heavy (non-hydrogen) atoms. The first-order valence-electron chi connectivity index (χ1n) is 8.17. The van der Waals surface area contributed by atoms with Crippen LogP contribution in [-0.4, -0.2) is 33.3 Å². The number of benzene rings is 2. The molecule has 0 spiro atoms. The van der Waals surface area contributed by atoms with Gasteiger partial charge in [-0.2, -0.15) is 0 Å². The average Bonchev–Trinajstić information content (AvgIpc) is 2.65. The van der Waals surface area contributed by atoms with Gasteiger partial charge in [0.1, 0.15) is 17.3 Å². The predicted octanol–water partition coefficient (Wildman–Crippen LogP) is 2.97. The van der Waals surface area contributed by atoms with Crippen LogP contribution < -0.4 is 20.1 Å². The molecule has 0 unspecified atom stereocenters. The van der Waals surface area contributed by atoms with Gasteiger partial charge in [0.05, 0.1) is 13.7 Å².